The minimum atomic E-state index is -4.37. The maximum absolute atomic E-state index is 12.6. The Balaban J connectivity index is 1.93. The van der Waals surface area contributed by atoms with Crippen molar-refractivity contribution in [3.05, 3.63) is 47.3 Å². The molecule has 1 unspecified atom stereocenters. The van der Waals surface area contributed by atoms with Gasteiger partial charge in [-0.25, -0.2) is 4.68 Å². The van der Waals surface area contributed by atoms with Crippen molar-refractivity contribution < 1.29 is 23.1 Å². The third-order valence-corrected chi connectivity index (χ3v) is 4.17. The zero-order valence-electron chi connectivity index (χ0n) is 12.2. The van der Waals surface area contributed by atoms with Gasteiger partial charge in [-0.2, -0.15) is 18.3 Å². The molecule has 1 N–H and O–H groups in total. The van der Waals surface area contributed by atoms with Gasteiger partial charge in [0.05, 0.1) is 23.9 Å². The van der Waals surface area contributed by atoms with E-state index in [9.17, 15) is 18.0 Å². The second-order valence-corrected chi connectivity index (χ2v) is 5.69. The number of alkyl halides is 3. The Bertz CT molecular complexity index is 720. The Labute approximate surface area is 130 Å². The van der Waals surface area contributed by atoms with Crippen molar-refractivity contribution in [3.63, 3.8) is 0 Å². The van der Waals surface area contributed by atoms with Crippen LogP contribution in [0.3, 0.4) is 0 Å². The van der Waals surface area contributed by atoms with E-state index in [4.69, 9.17) is 5.11 Å². The van der Waals surface area contributed by atoms with E-state index in [0.29, 0.717) is 5.69 Å². The number of hydrogen-bond acceptors (Lipinski definition) is 2. The molecule has 0 spiro atoms. The molecule has 3 rings (SSSR count). The van der Waals surface area contributed by atoms with Gasteiger partial charge in [0, 0.05) is 5.69 Å². The third-order valence-electron chi connectivity index (χ3n) is 4.17. The smallest absolute Gasteiger partial charge is 0.416 e. The normalized spacial score (nSPS) is 17.8. The summed E-state index contributed by atoms with van der Waals surface area (Å²) in [4.78, 5) is 11.0. The van der Waals surface area contributed by atoms with Crippen molar-refractivity contribution >= 4 is 5.97 Å². The third kappa shape index (κ3) is 3.09. The highest BCUT2D eigenvalue weighted by Crippen LogP contribution is 2.35. The monoisotopic (exact) mass is 324 g/mol. The summed E-state index contributed by atoms with van der Waals surface area (Å²) in [6.45, 7) is 0. The molecule has 122 valence electrons. The molecule has 4 nitrogen and oxygen atoms in total. The van der Waals surface area contributed by atoms with Gasteiger partial charge in [-0.15, -0.1) is 0 Å². The second-order valence-electron chi connectivity index (χ2n) is 5.69. The molecule has 0 aliphatic heterocycles. The zero-order valence-corrected chi connectivity index (χ0v) is 12.2. The van der Waals surface area contributed by atoms with Crippen LogP contribution in [0.5, 0.6) is 0 Å². The maximum atomic E-state index is 12.6. The van der Waals surface area contributed by atoms with E-state index in [0.717, 1.165) is 42.7 Å². The van der Waals surface area contributed by atoms with Crippen molar-refractivity contribution in [2.45, 2.75) is 37.8 Å². The Kier molecular flexibility index (Phi) is 3.87. The lowest BCUT2D eigenvalue weighted by atomic mass is 9.85. The molecule has 1 aliphatic rings. The van der Waals surface area contributed by atoms with Crippen LogP contribution in [0, 0.1) is 0 Å². The molecule has 1 aromatic carbocycles. The van der Waals surface area contributed by atoms with E-state index in [2.05, 4.69) is 5.10 Å². The fourth-order valence-corrected chi connectivity index (χ4v) is 3.09. The predicted octanol–water partition coefficient (Wildman–Crippen LogP) is 3.79. The lowest BCUT2D eigenvalue weighted by Crippen LogP contribution is -2.15. The summed E-state index contributed by atoms with van der Waals surface area (Å²) in [5, 5.41) is 13.2. The van der Waals surface area contributed by atoms with Crippen LogP contribution in [-0.2, 0) is 17.4 Å². The average Bonchev–Trinajstić information content (AvgIpc) is 2.91. The number of aromatic nitrogens is 2. The fraction of sp³-hybridized carbons (Fsp3) is 0.375. The summed E-state index contributed by atoms with van der Waals surface area (Å²) in [5.74, 6) is -0.940. The van der Waals surface area contributed by atoms with Gasteiger partial charge in [-0.3, -0.25) is 4.79 Å². The van der Waals surface area contributed by atoms with Crippen LogP contribution < -0.4 is 0 Å². The van der Waals surface area contributed by atoms with E-state index >= 15 is 0 Å². The summed E-state index contributed by atoms with van der Waals surface area (Å²) < 4.78 is 39.5. The molecule has 1 heterocycles. The quantitative estimate of drug-likeness (QED) is 0.934. The van der Waals surface area contributed by atoms with Crippen molar-refractivity contribution in [1.29, 1.82) is 0 Å². The highest BCUT2D eigenvalue weighted by Gasteiger charge is 2.30. The SMILES string of the molecule is O=C(O)CC1CCCc2c1cnn2-c1ccc(C(F)(F)F)cc1. The number of aliphatic carboxylic acids is 1. The molecule has 0 radical (unpaired) electrons. The van der Waals surface area contributed by atoms with Crippen LogP contribution in [0.15, 0.2) is 30.5 Å². The Morgan fingerprint density at radius 2 is 2.00 bits per heavy atom. The van der Waals surface area contributed by atoms with Crippen LogP contribution in [0.4, 0.5) is 13.2 Å². The van der Waals surface area contributed by atoms with Crippen molar-refractivity contribution in [2.75, 3.05) is 0 Å². The topological polar surface area (TPSA) is 55.1 Å². The van der Waals surface area contributed by atoms with Gasteiger partial charge in [0.1, 0.15) is 0 Å². The van der Waals surface area contributed by atoms with Crippen molar-refractivity contribution in [1.82, 2.24) is 9.78 Å². The molecule has 1 atom stereocenters. The number of fused-ring (bicyclic) bond motifs is 1. The van der Waals surface area contributed by atoms with E-state index in [1.54, 1.807) is 10.9 Å². The molecule has 0 saturated carbocycles. The van der Waals surface area contributed by atoms with Crippen molar-refractivity contribution in [2.24, 2.45) is 0 Å². The van der Waals surface area contributed by atoms with Gasteiger partial charge in [-0.1, -0.05) is 0 Å². The van der Waals surface area contributed by atoms with Crippen LogP contribution >= 0.6 is 0 Å². The minimum absolute atomic E-state index is 0.0473. The first-order chi connectivity index (χ1) is 10.9. The largest absolute Gasteiger partial charge is 0.481 e. The number of rotatable bonds is 3. The molecule has 23 heavy (non-hydrogen) atoms. The van der Waals surface area contributed by atoms with Gasteiger partial charge >= 0.3 is 12.1 Å². The molecular formula is C16H15F3N2O2. The lowest BCUT2D eigenvalue weighted by Gasteiger charge is -2.21. The van der Waals surface area contributed by atoms with Crippen molar-refractivity contribution in [3.8, 4) is 5.69 Å². The first-order valence-electron chi connectivity index (χ1n) is 7.32. The predicted molar refractivity (Wildman–Crippen MR) is 76.5 cm³/mol. The minimum Gasteiger partial charge on any atom is -0.481 e. The highest BCUT2D eigenvalue weighted by atomic mass is 19.4. The van der Waals surface area contributed by atoms with Crippen LogP contribution in [0.1, 0.15) is 42.0 Å². The molecule has 7 heteroatoms. The number of hydrogen-bond donors (Lipinski definition) is 1. The summed E-state index contributed by atoms with van der Waals surface area (Å²) in [6.07, 6.45) is -0.304. The highest BCUT2D eigenvalue weighted by molar-refractivity contribution is 5.68. The van der Waals surface area contributed by atoms with Crippen LogP contribution in [-0.4, -0.2) is 20.9 Å². The first-order valence-corrected chi connectivity index (χ1v) is 7.32. The molecule has 1 aromatic heterocycles. The van der Waals surface area contributed by atoms with Gasteiger partial charge in [0.2, 0.25) is 0 Å². The first kappa shape index (κ1) is 15.6. The summed E-state index contributed by atoms with van der Waals surface area (Å²) in [5.41, 5.74) is 1.63. The zero-order chi connectivity index (χ0) is 16.6. The van der Waals surface area contributed by atoms with E-state index in [1.165, 1.54) is 12.1 Å². The van der Waals surface area contributed by atoms with E-state index in [1.807, 2.05) is 0 Å². The number of carboxylic acid groups (broad SMARTS) is 1. The van der Waals surface area contributed by atoms with Gasteiger partial charge < -0.3 is 5.11 Å². The summed E-state index contributed by atoms with van der Waals surface area (Å²) >= 11 is 0. The molecule has 0 fully saturated rings. The Morgan fingerprint density at radius 1 is 1.30 bits per heavy atom. The number of nitrogens with zero attached hydrogens (tertiary/aromatic N) is 2. The van der Waals surface area contributed by atoms with E-state index < -0.39 is 17.7 Å². The summed E-state index contributed by atoms with van der Waals surface area (Å²) in [6, 6.07) is 4.83. The Morgan fingerprint density at radius 3 is 2.61 bits per heavy atom. The van der Waals surface area contributed by atoms with Crippen LogP contribution in [0.25, 0.3) is 5.69 Å². The maximum Gasteiger partial charge on any atom is 0.416 e. The standard InChI is InChI=1S/C16H15F3N2O2/c17-16(18,19)11-4-6-12(7-5-11)21-14-3-1-2-10(8-15(22)23)13(14)9-20-21/h4-7,9-10H,1-3,8H2,(H,22,23). The molecule has 0 bridgehead atoms. The number of benzene rings is 1. The molecule has 0 saturated heterocycles. The molecular weight excluding hydrogens is 309 g/mol. The Hall–Kier alpha value is -2.31. The molecule has 2 aromatic rings. The fourth-order valence-electron chi connectivity index (χ4n) is 3.09. The average molecular weight is 324 g/mol. The van der Waals surface area contributed by atoms with E-state index in [-0.39, 0.29) is 12.3 Å². The molecule has 0 amide bonds. The number of halogens is 3. The van der Waals surface area contributed by atoms with Gasteiger partial charge in [0.15, 0.2) is 0 Å². The lowest BCUT2D eigenvalue weighted by molar-refractivity contribution is -0.138. The summed E-state index contributed by atoms with van der Waals surface area (Å²) in [7, 11) is 0. The second kappa shape index (κ2) is 5.72. The molecule has 1 aliphatic carbocycles. The van der Waals surface area contributed by atoms with Gasteiger partial charge in [0.25, 0.3) is 0 Å². The van der Waals surface area contributed by atoms with Crippen LogP contribution in [0.2, 0.25) is 0 Å². The number of carbonyl (C=O) groups is 1. The van der Waals surface area contributed by atoms with Gasteiger partial charge in [-0.05, 0) is 55.0 Å². The number of carboxylic acids is 1.